The Labute approximate surface area is 224 Å². The van der Waals surface area contributed by atoms with Crippen LogP contribution in [0.5, 0.6) is 5.75 Å². The van der Waals surface area contributed by atoms with Gasteiger partial charge in [-0.3, -0.25) is 9.59 Å². The van der Waals surface area contributed by atoms with Gasteiger partial charge in [0, 0.05) is 68.1 Å². The Morgan fingerprint density at radius 2 is 1.74 bits per heavy atom. The lowest BCUT2D eigenvalue weighted by Crippen LogP contribution is -2.49. The molecular formula is C30H38N4O4. The van der Waals surface area contributed by atoms with Crippen LogP contribution in [0.25, 0.3) is 10.9 Å². The van der Waals surface area contributed by atoms with Crippen molar-refractivity contribution in [3.05, 3.63) is 59.8 Å². The number of carbonyl (C=O) groups is 2. The number of rotatable bonds is 9. The van der Waals surface area contributed by atoms with Gasteiger partial charge in [0.15, 0.2) is 0 Å². The zero-order chi connectivity index (χ0) is 26.6. The lowest BCUT2D eigenvalue weighted by Gasteiger charge is -2.36. The number of amides is 1. The average Bonchev–Trinajstić information content (AvgIpc) is 3.46. The van der Waals surface area contributed by atoms with Gasteiger partial charge in [0.2, 0.25) is 0 Å². The molecule has 0 spiro atoms. The van der Waals surface area contributed by atoms with Crippen molar-refractivity contribution in [2.24, 2.45) is 7.05 Å². The number of carboxylic acids is 1. The number of ether oxygens (including phenoxy) is 1. The largest absolute Gasteiger partial charge is 0.494 e. The van der Waals surface area contributed by atoms with Gasteiger partial charge in [-0.25, -0.2) is 0 Å². The molecule has 3 aromatic rings. The van der Waals surface area contributed by atoms with E-state index >= 15 is 0 Å². The number of aliphatic carboxylic acids is 1. The third-order valence-electron chi connectivity index (χ3n) is 8.08. The second kappa shape index (κ2) is 11.5. The van der Waals surface area contributed by atoms with Crippen LogP contribution in [0.15, 0.2) is 48.5 Å². The van der Waals surface area contributed by atoms with Gasteiger partial charge in [-0.15, -0.1) is 0 Å². The first-order valence-electron chi connectivity index (χ1n) is 13.7. The molecule has 8 nitrogen and oxygen atoms in total. The van der Waals surface area contributed by atoms with E-state index in [4.69, 9.17) is 4.74 Å². The zero-order valence-corrected chi connectivity index (χ0v) is 22.4. The molecule has 1 atom stereocenters. The molecule has 2 aliphatic heterocycles. The monoisotopic (exact) mass is 518 g/mol. The predicted molar refractivity (Wildman–Crippen MR) is 149 cm³/mol. The molecule has 1 N–H and O–H groups in total. The summed E-state index contributed by atoms with van der Waals surface area (Å²) in [5, 5.41) is 10.3. The number of carboxylic acid groups (broad SMARTS) is 1. The number of hydrogen-bond acceptors (Lipinski definition) is 5. The Hall–Kier alpha value is -3.52. The molecule has 0 radical (unpaired) electrons. The highest BCUT2D eigenvalue weighted by atomic mass is 16.5. The van der Waals surface area contributed by atoms with Crippen LogP contribution in [0.1, 0.15) is 42.2 Å². The summed E-state index contributed by atoms with van der Waals surface area (Å²) in [7, 11) is 1.83. The average molecular weight is 519 g/mol. The number of aryl methyl sites for hydroxylation is 1. The number of hydrogen-bond donors (Lipinski definition) is 1. The number of aromatic nitrogens is 1. The van der Waals surface area contributed by atoms with Crippen LogP contribution in [0.2, 0.25) is 0 Å². The molecule has 8 heteroatoms. The van der Waals surface area contributed by atoms with Crippen molar-refractivity contribution in [1.29, 1.82) is 0 Å². The van der Waals surface area contributed by atoms with Gasteiger partial charge in [0.25, 0.3) is 5.91 Å². The van der Waals surface area contributed by atoms with E-state index in [-0.39, 0.29) is 12.3 Å². The Morgan fingerprint density at radius 1 is 1.00 bits per heavy atom. The van der Waals surface area contributed by atoms with Gasteiger partial charge >= 0.3 is 5.97 Å². The van der Waals surface area contributed by atoms with Crippen LogP contribution in [0.4, 0.5) is 5.69 Å². The maximum Gasteiger partial charge on any atom is 0.309 e. The van der Waals surface area contributed by atoms with Gasteiger partial charge in [0.1, 0.15) is 5.75 Å². The van der Waals surface area contributed by atoms with Gasteiger partial charge < -0.3 is 29.1 Å². The number of piperazine rings is 1. The Morgan fingerprint density at radius 3 is 2.42 bits per heavy atom. The summed E-state index contributed by atoms with van der Waals surface area (Å²) >= 11 is 0. The molecule has 1 unspecified atom stereocenters. The molecule has 2 aromatic carbocycles. The van der Waals surface area contributed by atoms with Gasteiger partial charge in [0.05, 0.1) is 18.6 Å². The van der Waals surface area contributed by atoms with Gasteiger partial charge in [-0.2, -0.15) is 0 Å². The lowest BCUT2D eigenvalue weighted by molar-refractivity contribution is -0.136. The van der Waals surface area contributed by atoms with Crippen molar-refractivity contribution < 1.29 is 19.4 Å². The Balaban J connectivity index is 1.17. The molecule has 3 heterocycles. The van der Waals surface area contributed by atoms with E-state index < -0.39 is 5.97 Å². The molecule has 2 fully saturated rings. The van der Waals surface area contributed by atoms with Crippen molar-refractivity contribution in [3.63, 3.8) is 0 Å². The fourth-order valence-electron chi connectivity index (χ4n) is 5.90. The number of fused-ring (bicyclic) bond motifs is 1. The summed E-state index contributed by atoms with van der Waals surface area (Å²) < 4.78 is 7.81. The molecule has 202 valence electrons. The summed E-state index contributed by atoms with van der Waals surface area (Å²) in [5.74, 6) is -0.146. The number of nitrogens with zero attached hydrogens (tertiary/aromatic N) is 4. The van der Waals surface area contributed by atoms with E-state index in [2.05, 4.69) is 28.9 Å². The summed E-state index contributed by atoms with van der Waals surface area (Å²) in [6, 6.07) is 16.6. The van der Waals surface area contributed by atoms with Gasteiger partial charge in [-0.05, 0) is 63.1 Å². The molecule has 1 aromatic heterocycles. The molecule has 0 saturated carbocycles. The third kappa shape index (κ3) is 5.50. The first-order chi connectivity index (χ1) is 18.4. The van der Waals surface area contributed by atoms with Crippen molar-refractivity contribution in [2.75, 3.05) is 50.8 Å². The maximum absolute atomic E-state index is 13.6. The standard InChI is InChI=1S/C30H38N4O4/c1-22-7-5-14-32(22)15-6-20-38-24-12-10-23(11-13-24)33-16-18-34(19-17-33)30(37)29-25-8-3-4-9-26(25)31(2)27(29)21-28(35)36/h3-4,8-13,22H,5-7,14-21H2,1-2H3,(H,35,36). The van der Waals surface area contributed by atoms with Crippen molar-refractivity contribution in [2.45, 2.75) is 38.6 Å². The smallest absolute Gasteiger partial charge is 0.309 e. The van der Waals surface area contributed by atoms with Crippen LogP contribution in [-0.4, -0.2) is 83.3 Å². The Bertz CT molecular complexity index is 1280. The number of likely N-dealkylation sites (tertiary alicyclic amines) is 1. The SMILES string of the molecule is CC1CCCN1CCCOc1ccc(N2CCN(C(=O)c3c(CC(=O)O)n(C)c4ccccc34)CC2)cc1. The highest BCUT2D eigenvalue weighted by Gasteiger charge is 2.29. The van der Waals surface area contributed by atoms with E-state index in [0.29, 0.717) is 30.4 Å². The summed E-state index contributed by atoms with van der Waals surface area (Å²) in [4.78, 5) is 31.9. The zero-order valence-electron chi connectivity index (χ0n) is 22.4. The fourth-order valence-corrected chi connectivity index (χ4v) is 5.90. The third-order valence-corrected chi connectivity index (χ3v) is 8.08. The first kappa shape index (κ1) is 26.1. The second-order valence-corrected chi connectivity index (χ2v) is 10.5. The minimum absolute atomic E-state index is 0.0928. The quantitative estimate of drug-likeness (QED) is 0.431. The van der Waals surface area contributed by atoms with Crippen molar-refractivity contribution >= 4 is 28.5 Å². The molecule has 0 aliphatic carbocycles. The van der Waals surface area contributed by atoms with E-state index in [9.17, 15) is 14.7 Å². The molecular weight excluding hydrogens is 480 g/mol. The molecule has 2 saturated heterocycles. The number of para-hydroxylation sites is 1. The minimum Gasteiger partial charge on any atom is -0.494 e. The van der Waals surface area contributed by atoms with E-state index in [1.807, 2.05) is 52.9 Å². The maximum atomic E-state index is 13.6. The van der Waals surface area contributed by atoms with E-state index in [1.165, 1.54) is 19.4 Å². The number of benzene rings is 2. The fraction of sp³-hybridized carbons (Fsp3) is 0.467. The number of anilines is 1. The molecule has 1 amide bonds. The van der Waals surface area contributed by atoms with Gasteiger partial charge in [-0.1, -0.05) is 18.2 Å². The Kier molecular flexibility index (Phi) is 7.88. The van der Waals surface area contributed by atoms with Crippen molar-refractivity contribution in [3.8, 4) is 5.75 Å². The second-order valence-electron chi connectivity index (χ2n) is 10.5. The normalized spacial score (nSPS) is 18.3. The number of carbonyl (C=O) groups excluding carboxylic acids is 1. The van der Waals surface area contributed by atoms with Crippen LogP contribution in [0.3, 0.4) is 0 Å². The summed E-state index contributed by atoms with van der Waals surface area (Å²) in [6.07, 6.45) is 3.46. The topological polar surface area (TPSA) is 78.2 Å². The van der Waals surface area contributed by atoms with Crippen LogP contribution in [0, 0.1) is 0 Å². The van der Waals surface area contributed by atoms with Crippen LogP contribution < -0.4 is 9.64 Å². The molecule has 2 aliphatic rings. The highest BCUT2D eigenvalue weighted by molar-refractivity contribution is 6.09. The lowest BCUT2D eigenvalue weighted by atomic mass is 10.1. The summed E-state index contributed by atoms with van der Waals surface area (Å²) in [6.45, 7) is 7.95. The molecule has 0 bridgehead atoms. The van der Waals surface area contributed by atoms with E-state index in [0.717, 1.165) is 55.0 Å². The highest BCUT2D eigenvalue weighted by Crippen LogP contribution is 2.28. The summed E-state index contributed by atoms with van der Waals surface area (Å²) in [5.41, 5.74) is 3.06. The molecule has 38 heavy (non-hydrogen) atoms. The van der Waals surface area contributed by atoms with Crippen LogP contribution >= 0.6 is 0 Å². The molecule has 5 rings (SSSR count). The van der Waals surface area contributed by atoms with Crippen LogP contribution in [-0.2, 0) is 18.3 Å². The van der Waals surface area contributed by atoms with E-state index in [1.54, 1.807) is 0 Å². The van der Waals surface area contributed by atoms with Crippen molar-refractivity contribution in [1.82, 2.24) is 14.4 Å². The predicted octanol–water partition coefficient (Wildman–Crippen LogP) is 4.02. The first-order valence-corrected chi connectivity index (χ1v) is 13.7. The minimum atomic E-state index is -0.941.